The molecule has 0 atom stereocenters. The number of carbonyl (C=O) groups is 1. The van der Waals surface area contributed by atoms with Gasteiger partial charge in [-0.3, -0.25) is 4.79 Å². The summed E-state index contributed by atoms with van der Waals surface area (Å²) in [5, 5.41) is 0. The minimum absolute atomic E-state index is 0.193. The van der Waals surface area contributed by atoms with Crippen molar-refractivity contribution in [3.05, 3.63) is 77.1 Å². The van der Waals surface area contributed by atoms with Crippen LogP contribution in [0.3, 0.4) is 0 Å². The number of carbonyl (C=O) groups excluding carboxylic acids is 1. The zero-order chi connectivity index (χ0) is 13.0. The Morgan fingerprint density at radius 3 is 2.50 bits per heavy atom. The highest BCUT2D eigenvalue weighted by Crippen LogP contribution is 2.10. The number of benzene rings is 2. The van der Waals surface area contributed by atoms with E-state index in [0.29, 0.717) is 5.56 Å². The smallest absolute Gasteiger partial charge is 0.185 e. The summed E-state index contributed by atoms with van der Waals surface area (Å²) in [4.78, 5) is 11.9. The van der Waals surface area contributed by atoms with Gasteiger partial charge in [-0.15, -0.1) is 0 Å². The molecule has 2 heteroatoms. The number of hydrogen-bond acceptors (Lipinski definition) is 1. The van der Waals surface area contributed by atoms with Gasteiger partial charge in [0.2, 0.25) is 0 Å². The number of hydrogen-bond donors (Lipinski definition) is 0. The number of aryl methyl sites for hydroxylation is 1. The van der Waals surface area contributed by atoms with Crippen molar-refractivity contribution in [2.24, 2.45) is 0 Å². The van der Waals surface area contributed by atoms with Crippen LogP contribution >= 0.6 is 0 Å². The quantitative estimate of drug-likeness (QED) is 0.584. The van der Waals surface area contributed by atoms with Crippen LogP contribution in [0.25, 0.3) is 6.08 Å². The number of halogens is 1. The van der Waals surface area contributed by atoms with E-state index in [2.05, 4.69) is 0 Å². The number of allylic oxidation sites excluding steroid dienone is 1. The first-order chi connectivity index (χ1) is 8.65. The zero-order valence-electron chi connectivity index (χ0n) is 10.1. The fourth-order valence-corrected chi connectivity index (χ4v) is 1.71. The maximum atomic E-state index is 13.2. The van der Waals surface area contributed by atoms with Crippen LogP contribution in [0.4, 0.5) is 4.39 Å². The lowest BCUT2D eigenvalue weighted by molar-refractivity contribution is 0.104. The molecule has 0 saturated heterocycles. The van der Waals surface area contributed by atoms with Crippen molar-refractivity contribution in [3.8, 4) is 0 Å². The van der Waals surface area contributed by atoms with E-state index in [1.54, 1.807) is 19.1 Å². The summed E-state index contributed by atoms with van der Waals surface area (Å²) in [6, 6.07) is 13.9. The van der Waals surface area contributed by atoms with Crippen molar-refractivity contribution in [2.75, 3.05) is 0 Å². The molecule has 2 aromatic carbocycles. The summed E-state index contributed by atoms with van der Waals surface area (Å²) >= 11 is 0. The minimum atomic E-state index is -0.383. The molecule has 0 bridgehead atoms. The van der Waals surface area contributed by atoms with E-state index < -0.39 is 0 Å². The fraction of sp³-hybridized carbons (Fsp3) is 0.0625. The standard InChI is InChI=1S/C16H13FO/c1-12-9-14(11-15(17)10-12)16(18)8-7-13-5-3-2-4-6-13/h2-11H,1H3. The van der Waals surface area contributed by atoms with Crippen molar-refractivity contribution < 1.29 is 9.18 Å². The minimum Gasteiger partial charge on any atom is -0.289 e. The summed E-state index contributed by atoms with van der Waals surface area (Å²) in [5.41, 5.74) is 2.06. The second-order valence-corrected chi connectivity index (χ2v) is 4.13. The van der Waals surface area contributed by atoms with E-state index >= 15 is 0 Å². The van der Waals surface area contributed by atoms with Crippen molar-refractivity contribution in [2.45, 2.75) is 6.92 Å². The molecule has 1 nitrogen and oxygen atoms in total. The maximum absolute atomic E-state index is 13.2. The predicted molar refractivity (Wildman–Crippen MR) is 70.9 cm³/mol. The lowest BCUT2D eigenvalue weighted by Crippen LogP contribution is -1.96. The highest BCUT2D eigenvalue weighted by atomic mass is 19.1. The molecule has 0 unspecified atom stereocenters. The van der Waals surface area contributed by atoms with Gasteiger partial charge in [0.05, 0.1) is 0 Å². The normalized spacial score (nSPS) is 10.8. The van der Waals surface area contributed by atoms with E-state index in [-0.39, 0.29) is 11.6 Å². The van der Waals surface area contributed by atoms with Gasteiger partial charge in [-0.25, -0.2) is 4.39 Å². The molecule has 2 aromatic rings. The van der Waals surface area contributed by atoms with Gasteiger partial charge < -0.3 is 0 Å². The Morgan fingerprint density at radius 2 is 1.83 bits per heavy atom. The molecule has 18 heavy (non-hydrogen) atoms. The van der Waals surface area contributed by atoms with Crippen LogP contribution < -0.4 is 0 Å². The highest BCUT2D eigenvalue weighted by molar-refractivity contribution is 6.06. The monoisotopic (exact) mass is 240 g/mol. The van der Waals surface area contributed by atoms with Crippen LogP contribution in [0.1, 0.15) is 21.5 Å². The van der Waals surface area contributed by atoms with Gasteiger partial charge in [0.15, 0.2) is 5.78 Å². The van der Waals surface area contributed by atoms with Crippen molar-refractivity contribution in [1.82, 2.24) is 0 Å². The molecule has 0 aliphatic carbocycles. The Hall–Kier alpha value is -2.22. The molecule has 0 aliphatic rings. The lowest BCUT2D eigenvalue weighted by atomic mass is 10.1. The molecule has 0 spiro atoms. The Balaban J connectivity index is 2.20. The predicted octanol–water partition coefficient (Wildman–Crippen LogP) is 4.03. The van der Waals surface area contributed by atoms with Gasteiger partial charge >= 0.3 is 0 Å². The van der Waals surface area contributed by atoms with Crippen molar-refractivity contribution in [3.63, 3.8) is 0 Å². The summed E-state index contributed by atoms with van der Waals surface area (Å²) in [7, 11) is 0. The molecular formula is C16H13FO. The van der Waals surface area contributed by atoms with E-state index in [0.717, 1.165) is 11.1 Å². The Bertz CT molecular complexity index is 565. The summed E-state index contributed by atoms with van der Waals surface area (Å²) < 4.78 is 13.2. The first-order valence-corrected chi connectivity index (χ1v) is 5.70. The van der Waals surface area contributed by atoms with E-state index in [9.17, 15) is 9.18 Å². The van der Waals surface area contributed by atoms with Crippen molar-refractivity contribution >= 4 is 11.9 Å². The average Bonchev–Trinajstić information content (AvgIpc) is 2.36. The highest BCUT2D eigenvalue weighted by Gasteiger charge is 2.04. The van der Waals surface area contributed by atoms with Gasteiger partial charge in [0.25, 0.3) is 0 Å². The molecule has 0 aliphatic heterocycles. The third kappa shape index (κ3) is 3.14. The van der Waals surface area contributed by atoms with Crippen LogP contribution in [0, 0.1) is 12.7 Å². The van der Waals surface area contributed by atoms with E-state index in [1.807, 2.05) is 30.3 Å². The second kappa shape index (κ2) is 5.41. The van der Waals surface area contributed by atoms with Crippen LogP contribution in [-0.4, -0.2) is 5.78 Å². The van der Waals surface area contributed by atoms with Crippen LogP contribution in [0.5, 0.6) is 0 Å². The maximum Gasteiger partial charge on any atom is 0.185 e. The van der Waals surface area contributed by atoms with Gasteiger partial charge in [-0.2, -0.15) is 0 Å². The Kier molecular flexibility index (Phi) is 3.68. The molecule has 0 amide bonds. The Labute approximate surface area is 106 Å². The molecule has 2 rings (SSSR count). The second-order valence-electron chi connectivity index (χ2n) is 4.13. The van der Waals surface area contributed by atoms with Crippen LogP contribution in [0.15, 0.2) is 54.6 Å². The number of ketones is 1. The molecule has 0 aromatic heterocycles. The van der Waals surface area contributed by atoms with Gasteiger partial charge in [0.1, 0.15) is 5.82 Å². The molecule has 90 valence electrons. The third-order valence-electron chi connectivity index (χ3n) is 2.55. The zero-order valence-corrected chi connectivity index (χ0v) is 10.1. The Morgan fingerprint density at radius 1 is 1.11 bits per heavy atom. The summed E-state index contributed by atoms with van der Waals surface area (Å²) in [6.45, 7) is 1.76. The van der Waals surface area contributed by atoms with Gasteiger partial charge in [-0.05, 0) is 42.3 Å². The SMILES string of the molecule is Cc1cc(F)cc(C(=O)C=Cc2ccccc2)c1. The molecule has 0 saturated carbocycles. The summed E-state index contributed by atoms with van der Waals surface area (Å²) in [6.07, 6.45) is 3.19. The van der Waals surface area contributed by atoms with Crippen LogP contribution in [0.2, 0.25) is 0 Å². The summed E-state index contributed by atoms with van der Waals surface area (Å²) in [5.74, 6) is -0.576. The lowest BCUT2D eigenvalue weighted by Gasteiger charge is -1.99. The molecule has 0 fully saturated rings. The topological polar surface area (TPSA) is 17.1 Å². The molecule has 0 radical (unpaired) electrons. The fourth-order valence-electron chi connectivity index (χ4n) is 1.71. The van der Waals surface area contributed by atoms with Crippen LogP contribution in [-0.2, 0) is 0 Å². The molecular weight excluding hydrogens is 227 g/mol. The average molecular weight is 240 g/mol. The van der Waals surface area contributed by atoms with E-state index in [1.165, 1.54) is 18.2 Å². The first-order valence-electron chi connectivity index (χ1n) is 5.70. The van der Waals surface area contributed by atoms with E-state index in [4.69, 9.17) is 0 Å². The third-order valence-corrected chi connectivity index (χ3v) is 2.55. The molecule has 0 heterocycles. The largest absolute Gasteiger partial charge is 0.289 e. The van der Waals surface area contributed by atoms with Crippen molar-refractivity contribution in [1.29, 1.82) is 0 Å². The number of rotatable bonds is 3. The molecule has 0 N–H and O–H groups in total. The first kappa shape index (κ1) is 12.2. The van der Waals surface area contributed by atoms with Gasteiger partial charge in [0, 0.05) is 5.56 Å². The van der Waals surface area contributed by atoms with Gasteiger partial charge in [-0.1, -0.05) is 36.4 Å².